The van der Waals surface area contributed by atoms with E-state index in [1.165, 1.54) is 0 Å². The van der Waals surface area contributed by atoms with Crippen LogP contribution in [0.1, 0.15) is 38.1 Å². The third-order valence-corrected chi connectivity index (χ3v) is 4.38. The molecule has 1 aromatic carbocycles. The van der Waals surface area contributed by atoms with Crippen LogP contribution in [0.4, 0.5) is 0 Å². The van der Waals surface area contributed by atoms with E-state index in [-0.39, 0.29) is 30.3 Å². The van der Waals surface area contributed by atoms with Crippen molar-refractivity contribution in [3.63, 3.8) is 0 Å². The molecule has 2 atom stereocenters. The van der Waals surface area contributed by atoms with E-state index in [1.807, 2.05) is 0 Å². The summed E-state index contributed by atoms with van der Waals surface area (Å²) in [6.07, 6.45) is 1.15. The molecule has 1 saturated heterocycles. The molecule has 0 bridgehead atoms. The van der Waals surface area contributed by atoms with Gasteiger partial charge in [0.15, 0.2) is 6.61 Å². The van der Waals surface area contributed by atoms with E-state index in [4.69, 9.17) is 9.47 Å². The van der Waals surface area contributed by atoms with Gasteiger partial charge in [-0.1, -0.05) is 0 Å². The van der Waals surface area contributed by atoms with Crippen LogP contribution in [0.15, 0.2) is 24.3 Å². The lowest BCUT2D eigenvalue weighted by molar-refractivity contribution is -0.124. The summed E-state index contributed by atoms with van der Waals surface area (Å²) in [6.45, 7) is 10.6. The van der Waals surface area contributed by atoms with Gasteiger partial charge in [-0.25, -0.2) is 0 Å². The molecular weight excluding hydrogens is 320 g/mol. The highest BCUT2D eigenvalue weighted by molar-refractivity contribution is 5.77. The van der Waals surface area contributed by atoms with Crippen molar-refractivity contribution in [2.24, 2.45) is 0 Å². The van der Waals surface area contributed by atoms with Gasteiger partial charge in [0, 0.05) is 30.7 Å². The molecule has 1 N–H and O–H groups in total. The van der Waals surface area contributed by atoms with Gasteiger partial charge in [-0.3, -0.25) is 14.5 Å². The first-order valence-electron chi connectivity index (χ1n) is 8.65. The molecule has 2 unspecified atom stereocenters. The topological polar surface area (TPSA) is 67.9 Å². The van der Waals surface area contributed by atoms with Crippen LogP contribution >= 0.6 is 0 Å². The maximum atomic E-state index is 12.1. The van der Waals surface area contributed by atoms with Crippen LogP contribution < -0.4 is 10.1 Å². The lowest BCUT2D eigenvalue weighted by Crippen LogP contribution is -2.58. The second-order valence-electron chi connectivity index (χ2n) is 7.23. The first kappa shape index (κ1) is 19.4. The maximum absolute atomic E-state index is 12.1. The largest absolute Gasteiger partial charge is 0.484 e. The van der Waals surface area contributed by atoms with Gasteiger partial charge in [-0.05, 0) is 52.0 Å². The van der Waals surface area contributed by atoms with E-state index in [0.29, 0.717) is 17.9 Å². The quantitative estimate of drug-likeness (QED) is 0.762. The zero-order valence-electron chi connectivity index (χ0n) is 15.5. The molecule has 1 aliphatic rings. The van der Waals surface area contributed by atoms with Crippen LogP contribution in [0.5, 0.6) is 5.75 Å². The zero-order chi connectivity index (χ0) is 18.4. The molecule has 0 radical (unpaired) electrons. The van der Waals surface area contributed by atoms with Crippen molar-refractivity contribution in [3.8, 4) is 5.75 Å². The first-order valence-corrected chi connectivity index (χ1v) is 8.65. The number of aldehydes is 1. The van der Waals surface area contributed by atoms with Crippen molar-refractivity contribution in [3.05, 3.63) is 29.8 Å². The zero-order valence-corrected chi connectivity index (χ0v) is 15.5. The highest BCUT2D eigenvalue weighted by Crippen LogP contribution is 2.20. The minimum atomic E-state index is -0.165. The third kappa shape index (κ3) is 5.83. The number of carbonyl (C=O) groups is 2. The van der Waals surface area contributed by atoms with Gasteiger partial charge in [0.1, 0.15) is 12.0 Å². The minimum absolute atomic E-state index is 0.0492. The summed E-state index contributed by atoms with van der Waals surface area (Å²) in [7, 11) is 0. The van der Waals surface area contributed by atoms with E-state index in [0.717, 1.165) is 19.4 Å². The Morgan fingerprint density at radius 2 is 1.88 bits per heavy atom. The molecule has 25 heavy (non-hydrogen) atoms. The monoisotopic (exact) mass is 348 g/mol. The Kier molecular flexibility index (Phi) is 6.56. The molecule has 138 valence electrons. The molecular formula is C19H28N2O4. The first-order chi connectivity index (χ1) is 11.8. The fraction of sp³-hybridized carbons (Fsp3) is 0.579. The van der Waals surface area contributed by atoms with Crippen molar-refractivity contribution >= 4 is 12.2 Å². The Labute approximate surface area is 149 Å². The highest BCUT2D eigenvalue weighted by Gasteiger charge is 2.33. The molecule has 1 aromatic rings. The number of nitrogens with one attached hydrogen (secondary N) is 1. The van der Waals surface area contributed by atoms with Gasteiger partial charge in [-0.15, -0.1) is 0 Å². The second kappa shape index (κ2) is 8.45. The van der Waals surface area contributed by atoms with Gasteiger partial charge in [0.25, 0.3) is 5.91 Å². The van der Waals surface area contributed by atoms with E-state index in [9.17, 15) is 9.59 Å². The Balaban J connectivity index is 1.78. The molecule has 0 spiro atoms. The predicted molar refractivity (Wildman–Crippen MR) is 96.0 cm³/mol. The lowest BCUT2D eigenvalue weighted by atomic mass is 10.00. The van der Waals surface area contributed by atoms with E-state index in [2.05, 4.69) is 37.9 Å². The summed E-state index contributed by atoms with van der Waals surface area (Å²) in [6, 6.07) is 6.67. The third-order valence-electron chi connectivity index (χ3n) is 4.38. The van der Waals surface area contributed by atoms with Gasteiger partial charge in [0.2, 0.25) is 0 Å². The molecule has 1 amide bonds. The Bertz CT molecular complexity index is 576. The van der Waals surface area contributed by atoms with Crippen LogP contribution in [0.2, 0.25) is 0 Å². The van der Waals surface area contributed by atoms with Gasteiger partial charge in [-0.2, -0.15) is 0 Å². The molecule has 1 aliphatic heterocycles. The number of nitrogens with zero attached hydrogens (tertiary/aromatic N) is 1. The number of carbonyl (C=O) groups excluding carboxylic acids is 2. The molecule has 1 heterocycles. The normalized spacial score (nSPS) is 21.6. The molecule has 0 aliphatic carbocycles. The van der Waals surface area contributed by atoms with Crippen molar-refractivity contribution in [2.75, 3.05) is 26.2 Å². The molecule has 2 rings (SSSR count). The highest BCUT2D eigenvalue weighted by atomic mass is 16.5. The van der Waals surface area contributed by atoms with E-state index >= 15 is 0 Å². The lowest BCUT2D eigenvalue weighted by Gasteiger charge is -2.45. The van der Waals surface area contributed by atoms with Gasteiger partial charge >= 0.3 is 0 Å². The van der Waals surface area contributed by atoms with Gasteiger partial charge < -0.3 is 14.8 Å². The second-order valence-corrected chi connectivity index (χ2v) is 7.23. The van der Waals surface area contributed by atoms with Crippen LogP contribution in [0, 0.1) is 0 Å². The van der Waals surface area contributed by atoms with Crippen LogP contribution in [0.3, 0.4) is 0 Å². The van der Waals surface area contributed by atoms with E-state index in [1.54, 1.807) is 24.3 Å². The molecule has 1 fully saturated rings. The average molecular weight is 348 g/mol. The number of morpholine rings is 1. The van der Waals surface area contributed by atoms with Crippen LogP contribution in [-0.2, 0) is 9.53 Å². The molecule has 6 nitrogen and oxygen atoms in total. The van der Waals surface area contributed by atoms with E-state index < -0.39 is 0 Å². The van der Waals surface area contributed by atoms with Crippen molar-refractivity contribution in [1.82, 2.24) is 10.2 Å². The Hall–Kier alpha value is -1.92. The Morgan fingerprint density at radius 3 is 2.44 bits per heavy atom. The summed E-state index contributed by atoms with van der Waals surface area (Å²) >= 11 is 0. The molecule has 0 saturated carbocycles. The number of hydrogen-bond donors (Lipinski definition) is 1. The van der Waals surface area contributed by atoms with Gasteiger partial charge in [0.05, 0.1) is 12.2 Å². The SMILES string of the molecule is CC1CN(C(C)(C)CNC(=O)COc2ccc(C=O)cc2)CC(C)O1. The van der Waals surface area contributed by atoms with Crippen molar-refractivity contribution in [2.45, 2.75) is 45.4 Å². The van der Waals surface area contributed by atoms with Crippen LogP contribution in [0.25, 0.3) is 0 Å². The predicted octanol–water partition coefficient (Wildman–Crippen LogP) is 1.88. The maximum Gasteiger partial charge on any atom is 0.258 e. The number of ether oxygens (including phenoxy) is 2. The summed E-state index contributed by atoms with van der Waals surface area (Å²) in [5, 5.41) is 2.94. The summed E-state index contributed by atoms with van der Waals surface area (Å²) in [4.78, 5) is 25.0. The smallest absolute Gasteiger partial charge is 0.258 e. The number of benzene rings is 1. The Morgan fingerprint density at radius 1 is 1.28 bits per heavy atom. The minimum Gasteiger partial charge on any atom is -0.484 e. The van der Waals surface area contributed by atoms with Crippen LogP contribution in [-0.4, -0.2) is 61.1 Å². The summed E-state index contributed by atoms with van der Waals surface area (Å²) in [5.74, 6) is 0.401. The summed E-state index contributed by atoms with van der Waals surface area (Å²) in [5.41, 5.74) is 0.417. The number of rotatable bonds is 7. The van der Waals surface area contributed by atoms with Crippen molar-refractivity contribution < 1.29 is 19.1 Å². The number of amides is 1. The molecule has 6 heteroatoms. The summed E-state index contributed by atoms with van der Waals surface area (Å²) < 4.78 is 11.2. The average Bonchev–Trinajstić information content (AvgIpc) is 2.58. The standard InChI is InChI=1S/C19H28N2O4/c1-14-9-21(10-15(2)25-14)19(3,4)13-20-18(23)12-24-17-7-5-16(11-22)6-8-17/h5-8,11,14-15H,9-10,12-13H2,1-4H3,(H,20,23). The van der Waals surface area contributed by atoms with Crippen molar-refractivity contribution in [1.29, 1.82) is 0 Å². The fourth-order valence-electron chi connectivity index (χ4n) is 2.94. The fourth-order valence-corrected chi connectivity index (χ4v) is 2.94. The molecule has 0 aromatic heterocycles. The number of hydrogen-bond acceptors (Lipinski definition) is 5.